The number of aliphatic hydroxyl groups is 1. The van der Waals surface area contributed by atoms with Gasteiger partial charge in [0.2, 0.25) is 0 Å². The number of aliphatic hydroxyl groups excluding tert-OH is 1. The van der Waals surface area contributed by atoms with Crippen LogP contribution in [0, 0.1) is 0 Å². The summed E-state index contributed by atoms with van der Waals surface area (Å²) < 4.78 is 0. The highest BCUT2D eigenvalue weighted by atomic mass is 16.3. The Labute approximate surface area is 84.6 Å². The summed E-state index contributed by atoms with van der Waals surface area (Å²) in [6.45, 7) is 5.72. The summed E-state index contributed by atoms with van der Waals surface area (Å²) in [5.74, 6) is 0.801. The van der Waals surface area contributed by atoms with E-state index in [1.54, 1.807) is 18.5 Å². The van der Waals surface area contributed by atoms with Gasteiger partial charge in [-0.25, -0.2) is 9.97 Å². The monoisotopic (exact) mass is 195 g/mol. The molecule has 0 amide bonds. The minimum Gasteiger partial charge on any atom is -0.395 e. The van der Waals surface area contributed by atoms with Crippen molar-refractivity contribution in [3.63, 3.8) is 0 Å². The van der Waals surface area contributed by atoms with Crippen LogP contribution >= 0.6 is 0 Å². The van der Waals surface area contributed by atoms with Crippen molar-refractivity contribution in [1.82, 2.24) is 14.9 Å². The van der Waals surface area contributed by atoms with Gasteiger partial charge in [0.15, 0.2) is 0 Å². The minimum atomic E-state index is 0.172. The molecule has 1 aromatic rings. The normalized spacial score (nSPS) is 11.2. The highest BCUT2D eigenvalue weighted by Gasteiger charge is 2.10. The van der Waals surface area contributed by atoms with Crippen LogP contribution in [0.25, 0.3) is 0 Å². The molecule has 4 nitrogen and oxygen atoms in total. The second-order valence-electron chi connectivity index (χ2n) is 3.45. The van der Waals surface area contributed by atoms with E-state index in [9.17, 15) is 0 Å². The molecule has 0 aliphatic heterocycles. The Morgan fingerprint density at radius 1 is 1.36 bits per heavy atom. The van der Waals surface area contributed by atoms with E-state index in [-0.39, 0.29) is 6.61 Å². The molecule has 0 aliphatic carbocycles. The lowest BCUT2D eigenvalue weighted by Crippen LogP contribution is -2.33. The van der Waals surface area contributed by atoms with Crippen LogP contribution in [0.1, 0.15) is 19.7 Å². The Bertz CT molecular complexity index is 251. The molecule has 1 aromatic heterocycles. The van der Waals surface area contributed by atoms with Gasteiger partial charge in [-0.1, -0.05) is 0 Å². The summed E-state index contributed by atoms with van der Waals surface area (Å²) in [6.07, 6.45) is 3.47. The molecule has 0 atom stereocenters. The molecular formula is C10H17N3O. The largest absolute Gasteiger partial charge is 0.395 e. The molecular weight excluding hydrogens is 178 g/mol. The van der Waals surface area contributed by atoms with Crippen LogP contribution in [-0.4, -0.2) is 39.2 Å². The third kappa shape index (κ3) is 3.40. The van der Waals surface area contributed by atoms with E-state index < -0.39 is 0 Å². The van der Waals surface area contributed by atoms with Crippen molar-refractivity contribution in [2.24, 2.45) is 0 Å². The van der Waals surface area contributed by atoms with Gasteiger partial charge in [0, 0.05) is 25.0 Å². The van der Waals surface area contributed by atoms with Gasteiger partial charge < -0.3 is 5.11 Å². The maximum Gasteiger partial charge on any atom is 0.142 e. The Balaban J connectivity index is 2.55. The first kappa shape index (κ1) is 11.1. The third-order valence-corrected chi connectivity index (χ3v) is 2.08. The average Bonchev–Trinajstić information content (AvgIpc) is 2.18. The third-order valence-electron chi connectivity index (χ3n) is 2.08. The van der Waals surface area contributed by atoms with Crippen LogP contribution in [0.15, 0.2) is 18.5 Å². The van der Waals surface area contributed by atoms with Gasteiger partial charge in [0.1, 0.15) is 5.82 Å². The van der Waals surface area contributed by atoms with Crippen molar-refractivity contribution in [2.75, 3.05) is 13.2 Å². The second-order valence-corrected chi connectivity index (χ2v) is 3.45. The van der Waals surface area contributed by atoms with Crippen LogP contribution in [0.5, 0.6) is 0 Å². The fraction of sp³-hybridized carbons (Fsp3) is 0.600. The van der Waals surface area contributed by atoms with Gasteiger partial charge in [-0.15, -0.1) is 0 Å². The molecule has 0 aromatic carbocycles. The molecule has 0 saturated carbocycles. The topological polar surface area (TPSA) is 49.2 Å². The van der Waals surface area contributed by atoms with Crippen LogP contribution in [0.4, 0.5) is 0 Å². The summed E-state index contributed by atoms with van der Waals surface area (Å²) in [7, 11) is 0. The number of aromatic nitrogens is 2. The maximum atomic E-state index is 8.88. The van der Waals surface area contributed by atoms with E-state index >= 15 is 0 Å². The molecule has 0 spiro atoms. The van der Waals surface area contributed by atoms with E-state index in [1.165, 1.54) is 0 Å². The maximum absolute atomic E-state index is 8.88. The van der Waals surface area contributed by atoms with Crippen molar-refractivity contribution >= 4 is 0 Å². The molecule has 78 valence electrons. The zero-order valence-corrected chi connectivity index (χ0v) is 8.72. The summed E-state index contributed by atoms with van der Waals surface area (Å²) >= 11 is 0. The molecule has 0 bridgehead atoms. The Morgan fingerprint density at radius 2 is 2.00 bits per heavy atom. The SMILES string of the molecule is CC(C)N(CCO)Cc1ncccn1. The van der Waals surface area contributed by atoms with Gasteiger partial charge >= 0.3 is 0 Å². The molecule has 0 fully saturated rings. The van der Waals surface area contributed by atoms with Crippen molar-refractivity contribution < 1.29 is 5.11 Å². The molecule has 4 heteroatoms. The van der Waals surface area contributed by atoms with Gasteiger partial charge in [-0.2, -0.15) is 0 Å². The summed E-state index contributed by atoms with van der Waals surface area (Å²) in [5, 5.41) is 8.88. The fourth-order valence-electron chi connectivity index (χ4n) is 1.24. The minimum absolute atomic E-state index is 0.172. The summed E-state index contributed by atoms with van der Waals surface area (Å²) in [4.78, 5) is 10.4. The molecule has 0 unspecified atom stereocenters. The summed E-state index contributed by atoms with van der Waals surface area (Å²) in [6, 6.07) is 2.20. The van der Waals surface area contributed by atoms with Crippen LogP contribution < -0.4 is 0 Å². The highest BCUT2D eigenvalue weighted by Crippen LogP contribution is 2.02. The molecule has 1 heterocycles. The predicted octanol–water partition coefficient (Wildman–Crippen LogP) is 0.679. The summed E-state index contributed by atoms with van der Waals surface area (Å²) in [5.41, 5.74) is 0. The average molecular weight is 195 g/mol. The van der Waals surface area contributed by atoms with Gasteiger partial charge in [0.25, 0.3) is 0 Å². The number of hydrogen-bond donors (Lipinski definition) is 1. The van der Waals surface area contributed by atoms with Gasteiger partial charge in [-0.3, -0.25) is 4.90 Å². The zero-order valence-electron chi connectivity index (χ0n) is 8.72. The van der Waals surface area contributed by atoms with Gasteiger partial charge in [-0.05, 0) is 19.9 Å². The Morgan fingerprint density at radius 3 is 2.50 bits per heavy atom. The number of rotatable bonds is 5. The molecule has 0 radical (unpaired) electrons. The second kappa shape index (κ2) is 5.67. The van der Waals surface area contributed by atoms with Crippen LogP contribution in [0.3, 0.4) is 0 Å². The lowest BCUT2D eigenvalue weighted by Gasteiger charge is -2.24. The fourth-order valence-corrected chi connectivity index (χ4v) is 1.24. The van der Waals surface area contributed by atoms with E-state index in [0.717, 1.165) is 5.82 Å². The first-order chi connectivity index (χ1) is 6.74. The van der Waals surface area contributed by atoms with Crippen molar-refractivity contribution in [3.8, 4) is 0 Å². The van der Waals surface area contributed by atoms with E-state index in [2.05, 4.69) is 28.7 Å². The predicted molar refractivity (Wildman–Crippen MR) is 54.7 cm³/mol. The van der Waals surface area contributed by atoms with Crippen molar-refractivity contribution in [3.05, 3.63) is 24.3 Å². The molecule has 14 heavy (non-hydrogen) atoms. The van der Waals surface area contributed by atoms with Gasteiger partial charge in [0.05, 0.1) is 13.2 Å². The Kier molecular flexibility index (Phi) is 4.49. The number of nitrogens with zero attached hydrogens (tertiary/aromatic N) is 3. The Hall–Kier alpha value is -1.00. The van der Waals surface area contributed by atoms with Crippen LogP contribution in [-0.2, 0) is 6.54 Å². The molecule has 0 saturated heterocycles. The lowest BCUT2D eigenvalue weighted by molar-refractivity contribution is 0.156. The standard InChI is InChI=1S/C10H17N3O/c1-9(2)13(6-7-14)8-10-11-4-3-5-12-10/h3-5,9,14H,6-8H2,1-2H3. The van der Waals surface area contributed by atoms with Crippen molar-refractivity contribution in [1.29, 1.82) is 0 Å². The van der Waals surface area contributed by atoms with E-state index in [4.69, 9.17) is 5.11 Å². The number of hydrogen-bond acceptors (Lipinski definition) is 4. The zero-order chi connectivity index (χ0) is 10.4. The smallest absolute Gasteiger partial charge is 0.142 e. The van der Waals surface area contributed by atoms with Crippen LogP contribution in [0.2, 0.25) is 0 Å². The van der Waals surface area contributed by atoms with E-state index in [1.807, 2.05) is 0 Å². The quantitative estimate of drug-likeness (QED) is 0.750. The molecule has 1 N–H and O–H groups in total. The highest BCUT2D eigenvalue weighted by molar-refractivity contribution is 4.88. The molecule has 1 rings (SSSR count). The lowest BCUT2D eigenvalue weighted by atomic mass is 10.3. The van der Waals surface area contributed by atoms with Crippen molar-refractivity contribution in [2.45, 2.75) is 26.4 Å². The first-order valence-corrected chi connectivity index (χ1v) is 4.85. The molecule has 0 aliphatic rings. The van der Waals surface area contributed by atoms with E-state index in [0.29, 0.717) is 19.1 Å². The first-order valence-electron chi connectivity index (χ1n) is 4.85.